The Morgan fingerprint density at radius 1 is 1.22 bits per heavy atom. The second kappa shape index (κ2) is 8.60. The zero-order chi connectivity index (χ0) is 16.7. The Labute approximate surface area is 146 Å². The summed E-state index contributed by atoms with van der Waals surface area (Å²) in [5, 5.41) is 7.29. The van der Waals surface area contributed by atoms with E-state index in [0.717, 1.165) is 11.4 Å². The average molecular weight is 351 g/mol. The van der Waals surface area contributed by atoms with Gasteiger partial charge in [-0.05, 0) is 49.5 Å². The molecule has 2 aromatic rings. The SMILES string of the molecule is COc1ccc(NC(=S)NC(C)COc2ccccc2)cc1Cl. The highest BCUT2D eigenvalue weighted by Crippen LogP contribution is 2.27. The number of benzene rings is 2. The van der Waals surface area contributed by atoms with Crippen molar-refractivity contribution in [1.29, 1.82) is 0 Å². The summed E-state index contributed by atoms with van der Waals surface area (Å²) < 4.78 is 10.8. The van der Waals surface area contributed by atoms with Gasteiger partial charge < -0.3 is 20.1 Å². The molecule has 0 amide bonds. The number of ether oxygens (including phenoxy) is 2. The molecule has 2 rings (SSSR count). The minimum atomic E-state index is 0.0592. The van der Waals surface area contributed by atoms with E-state index in [4.69, 9.17) is 33.3 Å². The molecule has 1 unspecified atom stereocenters. The third-order valence-electron chi connectivity index (χ3n) is 3.03. The molecule has 0 fully saturated rings. The van der Waals surface area contributed by atoms with E-state index in [2.05, 4.69) is 10.6 Å². The van der Waals surface area contributed by atoms with Crippen LogP contribution in [0.5, 0.6) is 11.5 Å². The Morgan fingerprint density at radius 2 is 1.96 bits per heavy atom. The first-order chi connectivity index (χ1) is 11.1. The second-order valence-electron chi connectivity index (χ2n) is 4.97. The van der Waals surface area contributed by atoms with E-state index in [1.54, 1.807) is 19.2 Å². The van der Waals surface area contributed by atoms with E-state index in [0.29, 0.717) is 22.5 Å². The van der Waals surface area contributed by atoms with Crippen LogP contribution < -0.4 is 20.1 Å². The summed E-state index contributed by atoms with van der Waals surface area (Å²) in [4.78, 5) is 0. The molecule has 4 nitrogen and oxygen atoms in total. The molecule has 0 aromatic heterocycles. The molecule has 1 atom stereocenters. The molecule has 0 heterocycles. The van der Waals surface area contributed by atoms with E-state index in [-0.39, 0.29) is 6.04 Å². The van der Waals surface area contributed by atoms with Crippen molar-refractivity contribution in [3.05, 3.63) is 53.6 Å². The molecule has 0 saturated carbocycles. The Hall–Kier alpha value is -1.98. The van der Waals surface area contributed by atoms with Crippen molar-refractivity contribution in [1.82, 2.24) is 5.32 Å². The Bertz CT molecular complexity index is 652. The summed E-state index contributed by atoms with van der Waals surface area (Å²) in [6.45, 7) is 2.51. The Kier molecular flexibility index (Phi) is 6.50. The topological polar surface area (TPSA) is 42.5 Å². The zero-order valence-electron chi connectivity index (χ0n) is 13.0. The summed E-state index contributed by atoms with van der Waals surface area (Å²) in [5.74, 6) is 1.46. The van der Waals surface area contributed by atoms with Crippen LogP contribution in [0.15, 0.2) is 48.5 Å². The minimum absolute atomic E-state index is 0.0592. The predicted molar refractivity (Wildman–Crippen MR) is 98.8 cm³/mol. The number of halogens is 1. The largest absolute Gasteiger partial charge is 0.495 e. The molecule has 0 saturated heterocycles. The maximum Gasteiger partial charge on any atom is 0.171 e. The Balaban J connectivity index is 1.80. The third-order valence-corrected chi connectivity index (χ3v) is 3.55. The van der Waals surface area contributed by atoms with Crippen LogP contribution in [0.3, 0.4) is 0 Å². The van der Waals surface area contributed by atoms with Crippen LogP contribution in [-0.4, -0.2) is 24.9 Å². The fraction of sp³-hybridized carbons (Fsp3) is 0.235. The maximum atomic E-state index is 6.09. The van der Waals surface area contributed by atoms with E-state index in [1.807, 2.05) is 43.3 Å². The van der Waals surface area contributed by atoms with Gasteiger partial charge in [0.15, 0.2) is 5.11 Å². The number of methoxy groups -OCH3 is 1. The van der Waals surface area contributed by atoms with Crippen LogP contribution in [0.25, 0.3) is 0 Å². The molecule has 0 aliphatic heterocycles. The highest BCUT2D eigenvalue weighted by molar-refractivity contribution is 7.80. The highest BCUT2D eigenvalue weighted by Gasteiger charge is 2.07. The lowest BCUT2D eigenvalue weighted by molar-refractivity contribution is 0.287. The number of thiocarbonyl (C=S) groups is 1. The number of rotatable bonds is 6. The van der Waals surface area contributed by atoms with Crippen LogP contribution in [0.4, 0.5) is 5.69 Å². The molecule has 2 N–H and O–H groups in total. The van der Waals surface area contributed by atoms with Crippen molar-refractivity contribution in [2.45, 2.75) is 13.0 Å². The van der Waals surface area contributed by atoms with Gasteiger partial charge >= 0.3 is 0 Å². The number of hydrogen-bond donors (Lipinski definition) is 2. The van der Waals surface area contributed by atoms with Crippen molar-refractivity contribution in [2.24, 2.45) is 0 Å². The lowest BCUT2D eigenvalue weighted by Gasteiger charge is -2.18. The van der Waals surface area contributed by atoms with Crippen molar-refractivity contribution >= 4 is 34.6 Å². The molecule has 122 valence electrons. The van der Waals surface area contributed by atoms with E-state index >= 15 is 0 Å². The molecular formula is C17H19ClN2O2S. The molecule has 0 aliphatic carbocycles. The summed E-state index contributed by atoms with van der Waals surface area (Å²) in [7, 11) is 1.58. The van der Waals surface area contributed by atoms with Gasteiger partial charge in [0.25, 0.3) is 0 Å². The number of anilines is 1. The summed E-state index contributed by atoms with van der Waals surface area (Å²) >= 11 is 11.4. The van der Waals surface area contributed by atoms with Crippen LogP contribution >= 0.6 is 23.8 Å². The first kappa shape index (κ1) is 17.4. The second-order valence-corrected chi connectivity index (χ2v) is 5.79. The summed E-state index contributed by atoms with van der Waals surface area (Å²) in [6, 6.07) is 15.1. The smallest absolute Gasteiger partial charge is 0.171 e. The van der Waals surface area contributed by atoms with Gasteiger partial charge in [0.1, 0.15) is 18.1 Å². The molecule has 0 radical (unpaired) electrons. The van der Waals surface area contributed by atoms with Crippen molar-refractivity contribution in [3.8, 4) is 11.5 Å². The van der Waals surface area contributed by atoms with Gasteiger partial charge in [-0.25, -0.2) is 0 Å². The van der Waals surface area contributed by atoms with Crippen molar-refractivity contribution in [3.63, 3.8) is 0 Å². The summed E-state index contributed by atoms with van der Waals surface area (Å²) in [6.07, 6.45) is 0. The van der Waals surface area contributed by atoms with Crippen LogP contribution in [0.1, 0.15) is 6.92 Å². The quantitative estimate of drug-likeness (QED) is 0.768. The van der Waals surface area contributed by atoms with Crippen LogP contribution in [-0.2, 0) is 0 Å². The van der Waals surface area contributed by atoms with Gasteiger partial charge in [0, 0.05) is 5.69 Å². The molecule has 0 aliphatic rings. The number of para-hydroxylation sites is 1. The molecule has 6 heteroatoms. The van der Waals surface area contributed by atoms with Gasteiger partial charge in [0.2, 0.25) is 0 Å². The van der Waals surface area contributed by atoms with E-state index in [1.165, 1.54) is 0 Å². The first-order valence-corrected chi connectivity index (χ1v) is 7.96. The van der Waals surface area contributed by atoms with Crippen molar-refractivity contribution < 1.29 is 9.47 Å². The minimum Gasteiger partial charge on any atom is -0.495 e. The van der Waals surface area contributed by atoms with E-state index < -0.39 is 0 Å². The van der Waals surface area contributed by atoms with Gasteiger partial charge in [-0.3, -0.25) is 0 Å². The highest BCUT2D eigenvalue weighted by atomic mass is 35.5. The normalized spacial score (nSPS) is 11.4. The van der Waals surface area contributed by atoms with E-state index in [9.17, 15) is 0 Å². The Morgan fingerprint density at radius 3 is 2.61 bits per heavy atom. The van der Waals surface area contributed by atoms with Crippen LogP contribution in [0, 0.1) is 0 Å². The predicted octanol–water partition coefficient (Wildman–Crippen LogP) is 4.10. The standard InChI is InChI=1S/C17H19ClN2O2S/c1-12(11-22-14-6-4-3-5-7-14)19-17(23)20-13-8-9-16(21-2)15(18)10-13/h3-10,12H,11H2,1-2H3,(H2,19,20,23). The monoisotopic (exact) mass is 350 g/mol. The number of hydrogen-bond acceptors (Lipinski definition) is 3. The molecule has 23 heavy (non-hydrogen) atoms. The lowest BCUT2D eigenvalue weighted by atomic mass is 10.3. The lowest BCUT2D eigenvalue weighted by Crippen LogP contribution is -2.39. The first-order valence-electron chi connectivity index (χ1n) is 7.17. The molecule has 0 spiro atoms. The number of nitrogens with one attached hydrogen (secondary N) is 2. The average Bonchev–Trinajstić information content (AvgIpc) is 2.54. The maximum absolute atomic E-state index is 6.09. The van der Waals surface area contributed by atoms with Gasteiger partial charge in [-0.1, -0.05) is 29.8 Å². The van der Waals surface area contributed by atoms with Crippen LogP contribution in [0.2, 0.25) is 5.02 Å². The molecule has 0 bridgehead atoms. The fourth-order valence-corrected chi connectivity index (χ4v) is 2.49. The zero-order valence-corrected chi connectivity index (χ0v) is 14.6. The molecular weight excluding hydrogens is 332 g/mol. The molecule has 2 aromatic carbocycles. The summed E-state index contributed by atoms with van der Waals surface area (Å²) in [5.41, 5.74) is 0.796. The van der Waals surface area contributed by atoms with Gasteiger partial charge in [-0.15, -0.1) is 0 Å². The van der Waals surface area contributed by atoms with Crippen molar-refractivity contribution in [2.75, 3.05) is 19.0 Å². The third kappa shape index (κ3) is 5.62. The van der Waals surface area contributed by atoms with Gasteiger partial charge in [0.05, 0.1) is 18.2 Å². The van der Waals surface area contributed by atoms with Gasteiger partial charge in [-0.2, -0.15) is 0 Å². The fourth-order valence-electron chi connectivity index (χ4n) is 1.91.